The summed E-state index contributed by atoms with van der Waals surface area (Å²) in [6.45, 7) is 4.26. The molecule has 1 amide bonds. The molecule has 3 rings (SSSR count). The molecule has 1 heterocycles. The van der Waals surface area contributed by atoms with E-state index in [9.17, 15) is 9.90 Å². The Hall–Kier alpha value is -2.23. The maximum absolute atomic E-state index is 12.5. The smallest absolute Gasteiger partial charge is 0.251 e. The zero-order valence-corrected chi connectivity index (χ0v) is 18.0. The highest BCUT2D eigenvalue weighted by atomic mass is 16.3. The number of hydrogen-bond acceptors (Lipinski definition) is 2. The minimum Gasteiger partial charge on any atom is -0.508 e. The predicted octanol–water partition coefficient (Wildman–Crippen LogP) is 6.29. The summed E-state index contributed by atoms with van der Waals surface area (Å²) in [4.78, 5) is 12.5. The highest BCUT2D eigenvalue weighted by Crippen LogP contribution is 2.39. The summed E-state index contributed by atoms with van der Waals surface area (Å²) >= 11 is 0. The number of nitrogens with zero attached hydrogens (tertiary/aromatic N) is 1. The van der Waals surface area contributed by atoms with E-state index in [1.54, 1.807) is 12.1 Å². The number of hydrogen-bond donors (Lipinski definition) is 2. The van der Waals surface area contributed by atoms with E-state index in [1.165, 1.54) is 44.2 Å². The van der Waals surface area contributed by atoms with E-state index in [2.05, 4.69) is 18.4 Å². The number of phenols is 1. The molecular formula is C25H36N2O2. The highest BCUT2D eigenvalue weighted by molar-refractivity contribution is 6.02. The van der Waals surface area contributed by atoms with Crippen LogP contribution in [0.3, 0.4) is 0 Å². The van der Waals surface area contributed by atoms with E-state index >= 15 is 0 Å². The van der Waals surface area contributed by atoms with Crippen LogP contribution in [0.2, 0.25) is 0 Å². The fraction of sp³-hybridized carbons (Fsp3) is 0.560. The monoisotopic (exact) mass is 396 g/mol. The third-order valence-electron chi connectivity index (χ3n) is 6.39. The Morgan fingerprint density at radius 1 is 1.14 bits per heavy atom. The van der Waals surface area contributed by atoms with Gasteiger partial charge in [0.05, 0.1) is 5.56 Å². The first-order valence-electron chi connectivity index (χ1n) is 11.4. The topological polar surface area (TPSA) is 68.2 Å². The second-order valence-electron chi connectivity index (χ2n) is 8.52. The molecule has 0 unspecified atom stereocenters. The van der Waals surface area contributed by atoms with Crippen molar-refractivity contribution in [2.24, 2.45) is 5.73 Å². The van der Waals surface area contributed by atoms with Crippen molar-refractivity contribution in [2.75, 3.05) is 0 Å². The molecule has 0 radical (unpaired) electrons. The van der Waals surface area contributed by atoms with E-state index in [1.807, 2.05) is 12.1 Å². The van der Waals surface area contributed by atoms with Gasteiger partial charge in [-0.2, -0.15) is 0 Å². The van der Waals surface area contributed by atoms with Gasteiger partial charge >= 0.3 is 0 Å². The van der Waals surface area contributed by atoms with Crippen molar-refractivity contribution in [2.45, 2.75) is 90.5 Å². The van der Waals surface area contributed by atoms with Gasteiger partial charge in [0, 0.05) is 23.0 Å². The van der Waals surface area contributed by atoms with Crippen LogP contribution < -0.4 is 5.73 Å². The van der Waals surface area contributed by atoms with Gasteiger partial charge in [-0.1, -0.05) is 64.0 Å². The molecule has 2 aromatic rings. The zero-order valence-electron chi connectivity index (χ0n) is 18.0. The molecule has 1 saturated carbocycles. The molecule has 29 heavy (non-hydrogen) atoms. The van der Waals surface area contributed by atoms with Crippen LogP contribution in [0.1, 0.15) is 98.9 Å². The Morgan fingerprint density at radius 3 is 2.45 bits per heavy atom. The van der Waals surface area contributed by atoms with Crippen LogP contribution in [0.15, 0.2) is 24.3 Å². The first kappa shape index (κ1) is 21.5. The van der Waals surface area contributed by atoms with Crippen LogP contribution in [-0.4, -0.2) is 15.6 Å². The molecule has 0 saturated heterocycles. The number of aromatic hydroxyl groups is 1. The molecule has 0 spiro atoms. The predicted molar refractivity (Wildman–Crippen MR) is 119 cm³/mol. The molecular weight excluding hydrogens is 360 g/mol. The molecule has 1 aromatic carbocycles. The van der Waals surface area contributed by atoms with Crippen molar-refractivity contribution in [3.63, 3.8) is 0 Å². The number of primary amides is 1. The minimum absolute atomic E-state index is 0.216. The first-order chi connectivity index (χ1) is 14.0. The van der Waals surface area contributed by atoms with E-state index in [0.29, 0.717) is 11.6 Å². The lowest BCUT2D eigenvalue weighted by Crippen LogP contribution is -2.17. The van der Waals surface area contributed by atoms with Gasteiger partial charge in [0.25, 0.3) is 5.91 Å². The molecule has 3 N–H and O–H groups in total. The average molecular weight is 397 g/mol. The molecule has 0 atom stereocenters. The van der Waals surface area contributed by atoms with Gasteiger partial charge in [0.2, 0.25) is 0 Å². The Morgan fingerprint density at radius 2 is 1.83 bits per heavy atom. The first-order valence-corrected chi connectivity index (χ1v) is 11.4. The van der Waals surface area contributed by atoms with Crippen molar-refractivity contribution < 1.29 is 9.90 Å². The van der Waals surface area contributed by atoms with Crippen molar-refractivity contribution in [3.8, 4) is 16.9 Å². The van der Waals surface area contributed by atoms with E-state index < -0.39 is 0 Å². The fourth-order valence-electron chi connectivity index (χ4n) is 5.02. The number of unbranched alkanes of at least 4 members (excludes halogenated alkanes) is 2. The summed E-state index contributed by atoms with van der Waals surface area (Å²) in [7, 11) is 0. The Labute approximate surface area is 175 Å². The third kappa shape index (κ3) is 4.85. The maximum Gasteiger partial charge on any atom is 0.251 e. The lowest BCUT2D eigenvalue weighted by Gasteiger charge is -2.26. The SMILES string of the molecule is CCCCCc1c(-c2cccc(O)c2)c(C(N)=O)c(C)n1C1CCCCCCC1. The average Bonchev–Trinajstić information content (AvgIpc) is 2.94. The quantitative estimate of drug-likeness (QED) is 0.540. The Balaban J connectivity index is 2.17. The number of phenolic OH excluding ortho intramolecular Hbond substituents is 1. The van der Waals surface area contributed by atoms with Crippen LogP contribution in [0.4, 0.5) is 0 Å². The van der Waals surface area contributed by atoms with E-state index in [0.717, 1.165) is 48.9 Å². The van der Waals surface area contributed by atoms with Gasteiger partial charge in [-0.15, -0.1) is 0 Å². The molecule has 158 valence electrons. The molecule has 1 fully saturated rings. The van der Waals surface area contributed by atoms with Crippen LogP contribution in [0, 0.1) is 6.92 Å². The van der Waals surface area contributed by atoms with Crippen molar-refractivity contribution in [3.05, 3.63) is 41.2 Å². The van der Waals surface area contributed by atoms with Gasteiger partial charge in [-0.3, -0.25) is 4.79 Å². The number of carbonyl (C=O) groups excluding carboxylic acids is 1. The Kier molecular flexibility index (Phi) is 7.40. The number of amides is 1. The molecule has 1 aliphatic carbocycles. The second kappa shape index (κ2) is 10.00. The molecule has 1 aliphatic rings. The number of carbonyl (C=O) groups is 1. The Bertz CT molecular complexity index is 830. The van der Waals surface area contributed by atoms with Gasteiger partial charge in [-0.05, 0) is 50.3 Å². The van der Waals surface area contributed by atoms with Crippen molar-refractivity contribution in [1.82, 2.24) is 4.57 Å². The summed E-state index contributed by atoms with van der Waals surface area (Å²) in [6, 6.07) is 7.67. The third-order valence-corrected chi connectivity index (χ3v) is 6.39. The normalized spacial score (nSPS) is 15.8. The van der Waals surface area contributed by atoms with Crippen LogP contribution >= 0.6 is 0 Å². The molecule has 4 heteroatoms. The molecule has 0 bridgehead atoms. The summed E-state index contributed by atoms with van der Waals surface area (Å²) in [5, 5.41) is 10.1. The molecule has 1 aromatic heterocycles. The minimum atomic E-state index is -0.373. The van der Waals surface area contributed by atoms with Gasteiger partial charge < -0.3 is 15.4 Å². The van der Waals surface area contributed by atoms with Crippen molar-refractivity contribution in [1.29, 1.82) is 0 Å². The molecule has 4 nitrogen and oxygen atoms in total. The van der Waals surface area contributed by atoms with Gasteiger partial charge in [-0.25, -0.2) is 0 Å². The lowest BCUT2D eigenvalue weighted by atomic mass is 9.95. The summed E-state index contributed by atoms with van der Waals surface area (Å²) in [5.41, 5.74) is 10.6. The fourth-order valence-corrected chi connectivity index (χ4v) is 5.02. The molecule has 0 aliphatic heterocycles. The van der Waals surface area contributed by atoms with E-state index in [4.69, 9.17) is 5.73 Å². The summed E-state index contributed by atoms with van der Waals surface area (Å²) < 4.78 is 2.44. The van der Waals surface area contributed by atoms with Crippen LogP contribution in [-0.2, 0) is 6.42 Å². The van der Waals surface area contributed by atoms with Gasteiger partial charge in [0.1, 0.15) is 5.75 Å². The lowest BCUT2D eigenvalue weighted by molar-refractivity contribution is 0.1000. The number of rotatable bonds is 7. The van der Waals surface area contributed by atoms with Crippen molar-refractivity contribution >= 4 is 5.91 Å². The maximum atomic E-state index is 12.5. The largest absolute Gasteiger partial charge is 0.508 e. The van der Waals surface area contributed by atoms with E-state index in [-0.39, 0.29) is 11.7 Å². The summed E-state index contributed by atoms with van der Waals surface area (Å²) in [5.74, 6) is -0.157. The van der Waals surface area contributed by atoms with Crippen LogP contribution in [0.5, 0.6) is 5.75 Å². The standard InChI is InChI=1S/C25H36N2O2/c1-3-4-8-16-22-24(19-12-11-15-21(28)17-19)23(25(26)29)18(2)27(22)20-13-9-6-5-7-10-14-20/h11-12,15,17,20,28H,3-10,13-14,16H2,1-2H3,(H2,26,29). The number of nitrogens with two attached hydrogens (primary N) is 1. The summed E-state index contributed by atoms with van der Waals surface area (Å²) in [6.07, 6.45) is 13.1. The highest BCUT2D eigenvalue weighted by Gasteiger charge is 2.28. The number of benzene rings is 1. The second-order valence-corrected chi connectivity index (χ2v) is 8.52. The van der Waals surface area contributed by atoms with Crippen LogP contribution in [0.25, 0.3) is 11.1 Å². The zero-order chi connectivity index (χ0) is 20.8. The number of aromatic nitrogens is 1. The van der Waals surface area contributed by atoms with Gasteiger partial charge in [0.15, 0.2) is 0 Å².